The molecule has 1 atom stereocenters. The number of nitrogens with one attached hydrogen (secondary N) is 1. The monoisotopic (exact) mass is 452 g/mol. The zero-order valence-electron chi connectivity index (χ0n) is 15.7. The van der Waals surface area contributed by atoms with E-state index in [2.05, 4.69) is 10.1 Å². The van der Waals surface area contributed by atoms with Crippen LogP contribution in [-0.2, 0) is 20.7 Å². The van der Waals surface area contributed by atoms with Crippen LogP contribution in [-0.4, -0.2) is 30.3 Å². The molecule has 1 heterocycles. The fraction of sp³-hybridized carbons (Fsp3) is 0.150. The lowest BCUT2D eigenvalue weighted by Crippen LogP contribution is -2.33. The molecule has 7 nitrogen and oxygen atoms in total. The third-order valence-electron chi connectivity index (χ3n) is 4.02. The van der Waals surface area contributed by atoms with E-state index in [0.29, 0.717) is 12.2 Å². The van der Waals surface area contributed by atoms with Crippen LogP contribution in [0, 0.1) is 5.82 Å². The van der Waals surface area contributed by atoms with Gasteiger partial charge in [-0.1, -0.05) is 12.1 Å². The summed E-state index contributed by atoms with van der Waals surface area (Å²) in [5.74, 6) is -0.894. The summed E-state index contributed by atoms with van der Waals surface area (Å²) in [6, 6.07) is 10.3. The topological polar surface area (TPSA) is 108 Å². The highest BCUT2D eigenvalue weighted by atomic mass is 35.5. The Labute approximate surface area is 182 Å². The molecular formula is C20H18ClFN2O5S. The number of thioether (sulfide) groups is 1. The van der Waals surface area contributed by atoms with Gasteiger partial charge in [0.05, 0.1) is 12.0 Å². The summed E-state index contributed by atoms with van der Waals surface area (Å²) in [5, 5.41) is 1.62. The largest absolute Gasteiger partial charge is 0.468 e. The molecule has 0 aliphatic carbocycles. The Hall–Kier alpha value is -2.88. The van der Waals surface area contributed by atoms with E-state index < -0.39 is 29.0 Å². The van der Waals surface area contributed by atoms with E-state index in [1.807, 2.05) is 0 Å². The molecule has 2 aromatic carbocycles. The van der Waals surface area contributed by atoms with Crippen LogP contribution >= 0.6 is 24.2 Å². The van der Waals surface area contributed by atoms with E-state index in [0.717, 1.165) is 17.3 Å². The maximum absolute atomic E-state index is 14.3. The van der Waals surface area contributed by atoms with Crippen molar-refractivity contribution >= 4 is 47.4 Å². The third-order valence-corrected chi connectivity index (χ3v) is 4.83. The van der Waals surface area contributed by atoms with Crippen molar-refractivity contribution in [1.82, 2.24) is 5.32 Å². The van der Waals surface area contributed by atoms with Crippen LogP contribution in [0.25, 0.3) is 6.08 Å². The normalized spacial score (nSPS) is 15.4. The smallest absolute Gasteiger partial charge is 0.322 e. The molecule has 1 aliphatic rings. The van der Waals surface area contributed by atoms with Crippen LogP contribution in [0.4, 0.5) is 9.18 Å². The first-order valence-corrected chi connectivity index (χ1v) is 9.32. The minimum absolute atomic E-state index is 0. The highest BCUT2D eigenvalue weighted by molar-refractivity contribution is 8.18. The van der Waals surface area contributed by atoms with Gasteiger partial charge in [0.2, 0.25) is 0 Å². The molecule has 3 rings (SSSR count). The lowest BCUT2D eigenvalue weighted by molar-refractivity contribution is -0.142. The minimum Gasteiger partial charge on any atom is -0.468 e. The van der Waals surface area contributed by atoms with Crippen molar-refractivity contribution in [2.24, 2.45) is 5.73 Å². The fourth-order valence-corrected chi connectivity index (χ4v) is 3.24. The molecular weight excluding hydrogens is 435 g/mol. The van der Waals surface area contributed by atoms with Crippen LogP contribution in [0.15, 0.2) is 47.4 Å². The van der Waals surface area contributed by atoms with Crippen molar-refractivity contribution in [2.45, 2.75) is 12.5 Å². The number of imide groups is 1. The van der Waals surface area contributed by atoms with Crippen molar-refractivity contribution in [3.63, 3.8) is 0 Å². The van der Waals surface area contributed by atoms with Crippen LogP contribution in [0.1, 0.15) is 11.1 Å². The number of methoxy groups -OCH3 is 1. The summed E-state index contributed by atoms with van der Waals surface area (Å²) < 4.78 is 24.6. The van der Waals surface area contributed by atoms with E-state index in [1.54, 1.807) is 30.3 Å². The van der Waals surface area contributed by atoms with E-state index in [1.165, 1.54) is 25.3 Å². The van der Waals surface area contributed by atoms with Crippen LogP contribution in [0.3, 0.4) is 0 Å². The highest BCUT2D eigenvalue weighted by Crippen LogP contribution is 2.29. The number of esters is 1. The van der Waals surface area contributed by atoms with Gasteiger partial charge in [0.15, 0.2) is 0 Å². The Morgan fingerprint density at radius 3 is 2.43 bits per heavy atom. The molecule has 3 N–H and O–H groups in total. The molecule has 30 heavy (non-hydrogen) atoms. The molecule has 1 aliphatic heterocycles. The number of benzene rings is 2. The van der Waals surface area contributed by atoms with Crippen LogP contribution in [0.2, 0.25) is 0 Å². The molecule has 2 aromatic rings. The average Bonchev–Trinajstić information content (AvgIpc) is 3.01. The summed E-state index contributed by atoms with van der Waals surface area (Å²) in [7, 11) is 1.28. The number of carbonyl (C=O) groups is 3. The van der Waals surface area contributed by atoms with Crippen molar-refractivity contribution in [3.8, 4) is 11.5 Å². The summed E-state index contributed by atoms with van der Waals surface area (Å²) in [6.07, 6.45) is 1.63. The Kier molecular flexibility index (Phi) is 7.99. The van der Waals surface area contributed by atoms with Gasteiger partial charge in [0.25, 0.3) is 11.1 Å². The molecule has 0 radical (unpaired) electrons. The molecule has 1 saturated heterocycles. The second-order valence-electron chi connectivity index (χ2n) is 6.12. The number of amides is 2. The summed E-state index contributed by atoms with van der Waals surface area (Å²) in [6.45, 7) is 0. The van der Waals surface area contributed by atoms with Gasteiger partial charge >= 0.3 is 5.97 Å². The quantitative estimate of drug-likeness (QED) is 0.510. The van der Waals surface area contributed by atoms with Crippen molar-refractivity contribution in [3.05, 3.63) is 64.3 Å². The standard InChI is InChI=1S/C20H17FN2O5S.ClH/c1-27-19(25)16(22)8-11-2-5-13(6-3-11)28-14-7-4-12(15(21)10-14)9-17-18(24)23-20(26)29-17;/h2-7,9-10,16H,8,22H2,1H3,(H,23,24,26);1H/t16-;/m0./s1. The molecule has 1 fully saturated rings. The maximum atomic E-state index is 14.3. The number of carbonyl (C=O) groups excluding carboxylic acids is 3. The molecule has 158 valence electrons. The number of rotatable bonds is 6. The molecule has 0 bridgehead atoms. The Bertz CT molecular complexity index is 997. The van der Waals surface area contributed by atoms with Gasteiger partial charge in [-0.3, -0.25) is 19.7 Å². The van der Waals surface area contributed by atoms with Gasteiger partial charge in [0, 0.05) is 11.6 Å². The summed E-state index contributed by atoms with van der Waals surface area (Å²) >= 11 is 0.718. The van der Waals surface area contributed by atoms with Crippen molar-refractivity contribution in [2.75, 3.05) is 7.11 Å². The summed E-state index contributed by atoms with van der Waals surface area (Å²) in [5.41, 5.74) is 6.72. The first-order valence-electron chi connectivity index (χ1n) is 8.50. The molecule has 0 spiro atoms. The second kappa shape index (κ2) is 10.2. The fourth-order valence-electron chi connectivity index (χ4n) is 2.57. The average molecular weight is 453 g/mol. The Morgan fingerprint density at radius 2 is 1.87 bits per heavy atom. The maximum Gasteiger partial charge on any atom is 0.322 e. The molecule has 2 amide bonds. The van der Waals surface area contributed by atoms with Crippen LogP contribution in [0.5, 0.6) is 11.5 Å². The first kappa shape index (κ1) is 23.4. The van der Waals surface area contributed by atoms with Gasteiger partial charge in [-0.15, -0.1) is 12.4 Å². The SMILES string of the molecule is COC(=O)[C@@H](N)Cc1ccc(Oc2ccc(C=C3SC(=O)NC3=O)c(F)c2)cc1.Cl. The molecule has 0 saturated carbocycles. The van der Waals surface area contributed by atoms with Gasteiger partial charge in [-0.05, 0) is 54.1 Å². The van der Waals surface area contributed by atoms with Gasteiger partial charge in [-0.25, -0.2) is 4.39 Å². The minimum atomic E-state index is -0.752. The predicted octanol–water partition coefficient (Wildman–Crippen LogP) is 3.41. The Balaban J connectivity index is 0.00000320. The number of hydrogen-bond donors (Lipinski definition) is 2. The molecule has 10 heteroatoms. The Morgan fingerprint density at radius 1 is 1.20 bits per heavy atom. The highest BCUT2D eigenvalue weighted by Gasteiger charge is 2.25. The van der Waals surface area contributed by atoms with E-state index in [-0.39, 0.29) is 28.6 Å². The lowest BCUT2D eigenvalue weighted by atomic mass is 10.1. The summed E-state index contributed by atoms with van der Waals surface area (Å²) in [4.78, 5) is 34.2. The van der Waals surface area contributed by atoms with Crippen molar-refractivity contribution < 1.29 is 28.2 Å². The zero-order valence-corrected chi connectivity index (χ0v) is 17.3. The van der Waals surface area contributed by atoms with E-state index in [4.69, 9.17) is 10.5 Å². The molecule has 0 unspecified atom stereocenters. The van der Waals surface area contributed by atoms with Gasteiger partial charge in [-0.2, -0.15) is 0 Å². The first-order chi connectivity index (χ1) is 13.9. The van der Waals surface area contributed by atoms with Crippen LogP contribution < -0.4 is 15.8 Å². The van der Waals surface area contributed by atoms with E-state index in [9.17, 15) is 18.8 Å². The van der Waals surface area contributed by atoms with Crippen molar-refractivity contribution in [1.29, 1.82) is 0 Å². The van der Waals surface area contributed by atoms with E-state index >= 15 is 0 Å². The zero-order chi connectivity index (χ0) is 21.0. The van der Waals surface area contributed by atoms with Gasteiger partial charge in [0.1, 0.15) is 23.4 Å². The second-order valence-corrected chi connectivity index (χ2v) is 7.13. The predicted molar refractivity (Wildman–Crippen MR) is 113 cm³/mol. The lowest BCUT2D eigenvalue weighted by Gasteiger charge is -2.10. The number of halogens is 2. The van der Waals surface area contributed by atoms with Gasteiger partial charge < -0.3 is 15.2 Å². The third kappa shape index (κ3) is 5.82. The number of nitrogens with two attached hydrogens (primary N) is 1. The number of hydrogen-bond acceptors (Lipinski definition) is 7. The number of ether oxygens (including phenoxy) is 2. The molecule has 0 aromatic heterocycles.